The number of ether oxygens (including phenoxy) is 1. The molecule has 0 amide bonds. The fourth-order valence-corrected chi connectivity index (χ4v) is 4.18. The predicted molar refractivity (Wildman–Crippen MR) is 80.5 cm³/mol. The van der Waals surface area contributed by atoms with Gasteiger partial charge in [0.05, 0.1) is 12.7 Å². The number of nitrogens with zero attached hydrogens (tertiary/aromatic N) is 1. The molecule has 1 saturated heterocycles. The van der Waals surface area contributed by atoms with Crippen molar-refractivity contribution in [1.29, 1.82) is 0 Å². The second-order valence-corrected chi connectivity index (χ2v) is 7.12. The van der Waals surface area contributed by atoms with Gasteiger partial charge in [0.25, 0.3) is 0 Å². The number of hydrogen-bond acceptors (Lipinski definition) is 3. The Balaban J connectivity index is 2.16. The molecular weight excluding hydrogens is 236 g/mol. The van der Waals surface area contributed by atoms with Gasteiger partial charge < -0.3 is 10.1 Å². The Bertz CT molecular complexity index is 292. The van der Waals surface area contributed by atoms with Gasteiger partial charge in [0.15, 0.2) is 0 Å². The molecule has 2 aliphatic rings. The van der Waals surface area contributed by atoms with Crippen LogP contribution < -0.4 is 5.32 Å². The van der Waals surface area contributed by atoms with E-state index in [4.69, 9.17) is 4.74 Å². The van der Waals surface area contributed by atoms with Crippen LogP contribution in [0, 0.1) is 5.41 Å². The maximum absolute atomic E-state index is 5.86. The molecule has 1 aliphatic heterocycles. The number of likely N-dealkylation sites (N-methyl/N-ethyl adjacent to an activating group) is 1. The summed E-state index contributed by atoms with van der Waals surface area (Å²) in [5.74, 6) is 0. The highest BCUT2D eigenvalue weighted by atomic mass is 16.5. The minimum Gasteiger partial charge on any atom is -0.376 e. The van der Waals surface area contributed by atoms with E-state index in [9.17, 15) is 0 Å². The van der Waals surface area contributed by atoms with Gasteiger partial charge in [0.2, 0.25) is 0 Å². The minimum atomic E-state index is 0.380. The molecule has 19 heavy (non-hydrogen) atoms. The molecule has 0 spiro atoms. The molecule has 1 heterocycles. The van der Waals surface area contributed by atoms with Crippen molar-refractivity contribution in [2.75, 3.05) is 20.2 Å². The number of morpholine rings is 1. The monoisotopic (exact) mass is 268 g/mol. The van der Waals surface area contributed by atoms with Crippen molar-refractivity contribution in [3.05, 3.63) is 0 Å². The Morgan fingerprint density at radius 3 is 2.74 bits per heavy atom. The van der Waals surface area contributed by atoms with E-state index in [1.54, 1.807) is 0 Å². The van der Waals surface area contributed by atoms with Crippen LogP contribution in [0.15, 0.2) is 0 Å². The second-order valence-electron chi connectivity index (χ2n) is 7.12. The van der Waals surface area contributed by atoms with E-state index in [1.807, 2.05) is 0 Å². The molecule has 112 valence electrons. The summed E-state index contributed by atoms with van der Waals surface area (Å²) >= 11 is 0. The second kappa shape index (κ2) is 6.11. The van der Waals surface area contributed by atoms with E-state index in [0.717, 1.165) is 13.2 Å². The average Bonchev–Trinajstić information content (AvgIpc) is 2.37. The van der Waals surface area contributed by atoms with Crippen molar-refractivity contribution < 1.29 is 4.74 Å². The predicted octanol–water partition coefficient (Wildman–Crippen LogP) is 2.65. The number of nitrogens with one attached hydrogen (secondary N) is 1. The van der Waals surface area contributed by atoms with Crippen molar-refractivity contribution in [3.8, 4) is 0 Å². The quantitative estimate of drug-likeness (QED) is 0.851. The third-order valence-electron chi connectivity index (χ3n) is 5.27. The molecule has 3 heteroatoms. The largest absolute Gasteiger partial charge is 0.376 e. The molecule has 0 bridgehead atoms. The highest BCUT2D eigenvalue weighted by Crippen LogP contribution is 2.39. The van der Waals surface area contributed by atoms with Gasteiger partial charge in [-0.3, -0.25) is 4.90 Å². The summed E-state index contributed by atoms with van der Waals surface area (Å²) in [6.45, 7) is 11.3. The Morgan fingerprint density at radius 1 is 1.37 bits per heavy atom. The van der Waals surface area contributed by atoms with Crippen LogP contribution in [0.25, 0.3) is 0 Å². The van der Waals surface area contributed by atoms with Gasteiger partial charge in [0, 0.05) is 24.7 Å². The molecule has 0 radical (unpaired) electrons. The average molecular weight is 268 g/mol. The van der Waals surface area contributed by atoms with Crippen molar-refractivity contribution in [3.63, 3.8) is 0 Å². The fourth-order valence-electron chi connectivity index (χ4n) is 4.18. The summed E-state index contributed by atoms with van der Waals surface area (Å²) in [6, 6.07) is 1.87. The number of rotatable bonds is 3. The summed E-state index contributed by atoms with van der Waals surface area (Å²) in [5, 5.41) is 3.62. The SMILES string of the molecule is CCC1COC(C)CN1C1CCCC(C)(C)C1NC. The van der Waals surface area contributed by atoms with Crippen LogP contribution in [-0.2, 0) is 4.74 Å². The normalized spacial score (nSPS) is 40.3. The van der Waals surface area contributed by atoms with Gasteiger partial charge in [-0.2, -0.15) is 0 Å². The van der Waals surface area contributed by atoms with Crippen LogP contribution in [0.1, 0.15) is 53.4 Å². The summed E-state index contributed by atoms with van der Waals surface area (Å²) in [7, 11) is 2.13. The smallest absolute Gasteiger partial charge is 0.0674 e. The molecule has 0 aromatic rings. The summed E-state index contributed by atoms with van der Waals surface area (Å²) in [5.41, 5.74) is 0.400. The third kappa shape index (κ3) is 3.14. The van der Waals surface area contributed by atoms with Crippen LogP contribution in [0.3, 0.4) is 0 Å². The fraction of sp³-hybridized carbons (Fsp3) is 1.00. The van der Waals surface area contributed by atoms with Crippen LogP contribution in [-0.4, -0.2) is 49.3 Å². The van der Waals surface area contributed by atoms with Gasteiger partial charge in [-0.1, -0.05) is 27.2 Å². The maximum atomic E-state index is 5.86. The Kier molecular flexibility index (Phi) is 4.91. The lowest BCUT2D eigenvalue weighted by Gasteiger charge is -2.52. The van der Waals surface area contributed by atoms with E-state index in [2.05, 4.69) is 45.0 Å². The Hall–Kier alpha value is -0.120. The van der Waals surface area contributed by atoms with Crippen LogP contribution in [0.4, 0.5) is 0 Å². The van der Waals surface area contributed by atoms with Gasteiger partial charge in [-0.15, -0.1) is 0 Å². The lowest BCUT2D eigenvalue weighted by molar-refractivity contribution is -0.0923. The molecule has 4 atom stereocenters. The zero-order valence-electron chi connectivity index (χ0n) is 13.4. The summed E-state index contributed by atoms with van der Waals surface area (Å²) < 4.78 is 5.86. The molecule has 4 unspecified atom stereocenters. The minimum absolute atomic E-state index is 0.380. The molecule has 2 fully saturated rings. The van der Waals surface area contributed by atoms with E-state index < -0.39 is 0 Å². The van der Waals surface area contributed by atoms with Gasteiger partial charge >= 0.3 is 0 Å². The van der Waals surface area contributed by atoms with Crippen molar-refractivity contribution >= 4 is 0 Å². The first-order chi connectivity index (χ1) is 8.99. The molecule has 0 aromatic heterocycles. The van der Waals surface area contributed by atoms with E-state index in [0.29, 0.717) is 29.6 Å². The highest BCUT2D eigenvalue weighted by Gasteiger charge is 2.43. The zero-order valence-corrected chi connectivity index (χ0v) is 13.4. The molecule has 0 aromatic carbocycles. The lowest BCUT2D eigenvalue weighted by Crippen LogP contribution is -2.63. The molecular formula is C16H32N2O. The maximum Gasteiger partial charge on any atom is 0.0674 e. The molecule has 1 aliphatic carbocycles. The van der Waals surface area contributed by atoms with E-state index in [-0.39, 0.29) is 0 Å². The highest BCUT2D eigenvalue weighted by molar-refractivity contribution is 4.99. The van der Waals surface area contributed by atoms with Crippen molar-refractivity contribution in [1.82, 2.24) is 10.2 Å². The van der Waals surface area contributed by atoms with Crippen LogP contribution >= 0.6 is 0 Å². The standard InChI is InChI=1S/C16H32N2O/c1-6-13-11-19-12(2)10-18(13)14-8-7-9-16(3,4)15(14)17-5/h12-15,17H,6-11H2,1-5H3. The lowest BCUT2D eigenvalue weighted by atomic mass is 9.70. The molecule has 1 N–H and O–H groups in total. The number of hydrogen-bond donors (Lipinski definition) is 1. The topological polar surface area (TPSA) is 24.5 Å². The molecule has 2 rings (SSSR count). The first-order valence-electron chi connectivity index (χ1n) is 8.04. The molecule has 1 saturated carbocycles. The van der Waals surface area contributed by atoms with Crippen molar-refractivity contribution in [2.24, 2.45) is 5.41 Å². The van der Waals surface area contributed by atoms with Crippen LogP contribution in [0.5, 0.6) is 0 Å². The summed E-state index contributed by atoms with van der Waals surface area (Å²) in [6.07, 6.45) is 5.60. The van der Waals surface area contributed by atoms with Gasteiger partial charge in [-0.05, 0) is 38.6 Å². The van der Waals surface area contributed by atoms with Crippen molar-refractivity contribution in [2.45, 2.75) is 77.6 Å². The summed E-state index contributed by atoms with van der Waals surface area (Å²) in [4.78, 5) is 2.75. The molecule has 3 nitrogen and oxygen atoms in total. The third-order valence-corrected chi connectivity index (χ3v) is 5.27. The van der Waals surface area contributed by atoms with E-state index in [1.165, 1.54) is 25.7 Å². The van der Waals surface area contributed by atoms with E-state index >= 15 is 0 Å². The first-order valence-corrected chi connectivity index (χ1v) is 8.04. The Morgan fingerprint density at radius 2 is 2.11 bits per heavy atom. The first kappa shape index (κ1) is 15.3. The Labute approximate surface area is 119 Å². The zero-order chi connectivity index (χ0) is 14.0. The van der Waals surface area contributed by atoms with Gasteiger partial charge in [-0.25, -0.2) is 0 Å². The van der Waals surface area contributed by atoms with Crippen LogP contribution in [0.2, 0.25) is 0 Å². The van der Waals surface area contributed by atoms with Gasteiger partial charge in [0.1, 0.15) is 0 Å².